The molecule has 0 atom stereocenters. The van der Waals surface area contributed by atoms with E-state index in [0.717, 1.165) is 30.1 Å². The van der Waals surface area contributed by atoms with E-state index in [4.69, 9.17) is 10.9 Å². The summed E-state index contributed by atoms with van der Waals surface area (Å²) in [6.45, 7) is 4.89. The Morgan fingerprint density at radius 3 is 2.84 bits per heavy atom. The first kappa shape index (κ1) is 15.4. The topological polar surface area (TPSA) is 105 Å². The third kappa shape index (κ3) is 4.16. The summed E-state index contributed by atoms with van der Waals surface area (Å²) >= 11 is 1.12. The molecule has 0 saturated carbocycles. The second-order valence-corrected chi connectivity index (χ2v) is 4.78. The number of nitrogens with zero attached hydrogens (tertiary/aromatic N) is 4. The SMILES string of the molecule is CCCc1nnsc1C(=O)N(CC)CCC(N)=NO. The van der Waals surface area contributed by atoms with Gasteiger partial charge in [0.1, 0.15) is 10.7 Å². The van der Waals surface area contributed by atoms with Crippen LogP contribution in [0.25, 0.3) is 0 Å². The van der Waals surface area contributed by atoms with Gasteiger partial charge in [-0.25, -0.2) is 0 Å². The van der Waals surface area contributed by atoms with Crippen molar-refractivity contribution in [2.24, 2.45) is 10.9 Å². The van der Waals surface area contributed by atoms with Crippen LogP contribution in [0, 0.1) is 0 Å². The van der Waals surface area contributed by atoms with Gasteiger partial charge in [0, 0.05) is 19.5 Å². The van der Waals surface area contributed by atoms with Gasteiger partial charge in [-0.1, -0.05) is 23.0 Å². The number of nitrogens with two attached hydrogens (primary N) is 1. The number of carbonyl (C=O) groups excluding carboxylic acids is 1. The van der Waals surface area contributed by atoms with E-state index in [2.05, 4.69) is 14.7 Å². The Morgan fingerprint density at radius 2 is 2.26 bits per heavy atom. The molecule has 0 bridgehead atoms. The number of oxime groups is 1. The molecule has 1 rings (SSSR count). The zero-order valence-corrected chi connectivity index (χ0v) is 12.0. The number of amidine groups is 1. The van der Waals surface area contributed by atoms with Crippen LogP contribution in [-0.2, 0) is 6.42 Å². The Balaban J connectivity index is 2.74. The molecule has 0 spiro atoms. The standard InChI is InChI=1S/C11H19N5O2S/c1-3-5-8-10(19-15-13-8)11(17)16(4-2)7-6-9(12)14-18/h18H,3-7H2,1-2H3,(H2,12,14). The van der Waals surface area contributed by atoms with E-state index in [-0.39, 0.29) is 11.7 Å². The minimum Gasteiger partial charge on any atom is -0.409 e. The molecule has 1 aromatic rings. The van der Waals surface area contributed by atoms with Gasteiger partial charge in [0.05, 0.1) is 5.69 Å². The minimum absolute atomic E-state index is 0.0910. The van der Waals surface area contributed by atoms with Gasteiger partial charge >= 0.3 is 0 Å². The average Bonchev–Trinajstić information content (AvgIpc) is 2.87. The highest BCUT2D eigenvalue weighted by Crippen LogP contribution is 2.15. The fraction of sp³-hybridized carbons (Fsp3) is 0.636. The molecule has 8 heteroatoms. The molecule has 0 aromatic carbocycles. The van der Waals surface area contributed by atoms with Crippen molar-refractivity contribution in [1.82, 2.24) is 14.5 Å². The maximum Gasteiger partial charge on any atom is 0.267 e. The van der Waals surface area contributed by atoms with Crippen molar-refractivity contribution in [2.75, 3.05) is 13.1 Å². The number of hydrogen-bond donors (Lipinski definition) is 2. The van der Waals surface area contributed by atoms with Crippen molar-refractivity contribution in [3.05, 3.63) is 10.6 Å². The zero-order chi connectivity index (χ0) is 14.3. The minimum atomic E-state index is -0.0910. The number of hydrogen-bond acceptors (Lipinski definition) is 6. The second-order valence-electron chi connectivity index (χ2n) is 4.02. The smallest absolute Gasteiger partial charge is 0.267 e. The van der Waals surface area contributed by atoms with Gasteiger partial charge in [-0.3, -0.25) is 4.79 Å². The molecule has 0 radical (unpaired) electrons. The Kier molecular flexibility index (Phi) is 6.20. The van der Waals surface area contributed by atoms with Crippen LogP contribution in [-0.4, -0.2) is 44.5 Å². The quantitative estimate of drug-likeness (QED) is 0.338. The molecule has 0 aliphatic rings. The van der Waals surface area contributed by atoms with E-state index < -0.39 is 0 Å². The van der Waals surface area contributed by atoms with Gasteiger partial charge in [0.25, 0.3) is 5.91 Å². The summed E-state index contributed by atoms with van der Waals surface area (Å²) in [6, 6.07) is 0. The summed E-state index contributed by atoms with van der Waals surface area (Å²) in [5, 5.41) is 15.4. The highest BCUT2D eigenvalue weighted by molar-refractivity contribution is 7.08. The maximum atomic E-state index is 12.3. The number of rotatable bonds is 7. The molecule has 106 valence electrons. The Morgan fingerprint density at radius 1 is 1.53 bits per heavy atom. The largest absolute Gasteiger partial charge is 0.409 e. The Hall–Kier alpha value is -1.70. The number of aryl methyl sites for hydroxylation is 1. The lowest BCUT2D eigenvalue weighted by Crippen LogP contribution is -2.34. The molecule has 0 fully saturated rings. The second kappa shape index (κ2) is 7.67. The van der Waals surface area contributed by atoms with E-state index in [1.807, 2.05) is 13.8 Å². The molecule has 0 aliphatic carbocycles. The van der Waals surface area contributed by atoms with E-state index >= 15 is 0 Å². The number of amides is 1. The van der Waals surface area contributed by atoms with Crippen LogP contribution >= 0.6 is 11.5 Å². The summed E-state index contributed by atoms with van der Waals surface area (Å²) in [5.41, 5.74) is 6.16. The van der Waals surface area contributed by atoms with Crippen molar-refractivity contribution >= 4 is 23.3 Å². The molecule has 19 heavy (non-hydrogen) atoms. The molecule has 1 aromatic heterocycles. The average molecular weight is 285 g/mol. The van der Waals surface area contributed by atoms with Crippen LogP contribution in [0.15, 0.2) is 5.16 Å². The highest BCUT2D eigenvalue weighted by atomic mass is 32.1. The molecule has 7 nitrogen and oxygen atoms in total. The number of carbonyl (C=O) groups is 1. The molecule has 1 amide bonds. The molecule has 0 saturated heterocycles. The summed E-state index contributed by atoms with van der Waals surface area (Å²) in [7, 11) is 0. The zero-order valence-electron chi connectivity index (χ0n) is 11.2. The molecule has 0 unspecified atom stereocenters. The normalized spacial score (nSPS) is 11.6. The third-order valence-electron chi connectivity index (χ3n) is 2.67. The summed E-state index contributed by atoms with van der Waals surface area (Å²) in [5.74, 6) is 0.0224. The monoisotopic (exact) mass is 285 g/mol. The fourth-order valence-corrected chi connectivity index (χ4v) is 2.29. The number of aromatic nitrogens is 2. The lowest BCUT2D eigenvalue weighted by molar-refractivity contribution is 0.0772. The summed E-state index contributed by atoms with van der Waals surface area (Å²) in [6.07, 6.45) is 2.00. The lowest BCUT2D eigenvalue weighted by Gasteiger charge is -2.19. The van der Waals surface area contributed by atoms with E-state index in [1.165, 1.54) is 0 Å². The van der Waals surface area contributed by atoms with E-state index in [1.54, 1.807) is 4.90 Å². The predicted octanol–water partition coefficient (Wildman–Crippen LogP) is 1.09. The molecule has 0 aliphatic heterocycles. The Bertz CT molecular complexity index is 446. The van der Waals surface area contributed by atoms with Crippen LogP contribution in [0.4, 0.5) is 0 Å². The van der Waals surface area contributed by atoms with Gasteiger partial charge in [-0.05, 0) is 24.9 Å². The van der Waals surface area contributed by atoms with Crippen LogP contribution < -0.4 is 5.73 Å². The van der Waals surface area contributed by atoms with Crippen LogP contribution in [0.2, 0.25) is 0 Å². The predicted molar refractivity (Wildman–Crippen MR) is 73.5 cm³/mol. The first-order valence-corrected chi connectivity index (χ1v) is 6.98. The van der Waals surface area contributed by atoms with Crippen LogP contribution in [0.1, 0.15) is 42.1 Å². The van der Waals surface area contributed by atoms with Gasteiger partial charge < -0.3 is 15.8 Å². The van der Waals surface area contributed by atoms with Gasteiger partial charge in [-0.15, -0.1) is 5.10 Å². The molecular weight excluding hydrogens is 266 g/mol. The molecule has 3 N–H and O–H groups in total. The lowest BCUT2D eigenvalue weighted by atomic mass is 10.2. The Labute approximate surface area is 116 Å². The summed E-state index contributed by atoms with van der Waals surface area (Å²) in [4.78, 5) is 14.6. The van der Waals surface area contributed by atoms with Crippen molar-refractivity contribution < 1.29 is 10.0 Å². The van der Waals surface area contributed by atoms with Crippen LogP contribution in [0.5, 0.6) is 0 Å². The van der Waals surface area contributed by atoms with E-state index in [9.17, 15) is 4.79 Å². The molecular formula is C11H19N5O2S. The maximum absolute atomic E-state index is 12.3. The third-order valence-corrected chi connectivity index (χ3v) is 3.43. The molecule has 1 heterocycles. The van der Waals surface area contributed by atoms with E-state index in [0.29, 0.717) is 24.4 Å². The first-order chi connectivity index (χ1) is 9.13. The summed E-state index contributed by atoms with van der Waals surface area (Å²) < 4.78 is 3.85. The van der Waals surface area contributed by atoms with Crippen molar-refractivity contribution in [3.63, 3.8) is 0 Å². The van der Waals surface area contributed by atoms with Gasteiger partial charge in [0.2, 0.25) is 0 Å². The van der Waals surface area contributed by atoms with Crippen LogP contribution in [0.3, 0.4) is 0 Å². The van der Waals surface area contributed by atoms with Crippen molar-refractivity contribution in [1.29, 1.82) is 0 Å². The fourth-order valence-electron chi connectivity index (χ4n) is 1.62. The highest BCUT2D eigenvalue weighted by Gasteiger charge is 2.21. The van der Waals surface area contributed by atoms with Crippen molar-refractivity contribution in [3.8, 4) is 0 Å². The van der Waals surface area contributed by atoms with Crippen molar-refractivity contribution in [2.45, 2.75) is 33.1 Å². The first-order valence-electron chi connectivity index (χ1n) is 6.20. The van der Waals surface area contributed by atoms with Gasteiger partial charge in [0.15, 0.2) is 0 Å². The van der Waals surface area contributed by atoms with Gasteiger partial charge in [-0.2, -0.15) is 0 Å².